The number of carbonyl (C=O) groups is 1. The maximum Gasteiger partial charge on any atom is 0.416 e. The second kappa shape index (κ2) is 9.29. The molecule has 30 heavy (non-hydrogen) atoms. The van der Waals surface area contributed by atoms with Gasteiger partial charge >= 0.3 is 6.18 Å². The Labute approximate surface area is 180 Å². The topological polar surface area (TPSA) is 41.1 Å². The van der Waals surface area contributed by atoms with Gasteiger partial charge in [0.2, 0.25) is 0 Å². The van der Waals surface area contributed by atoms with Gasteiger partial charge in [-0.25, -0.2) is 0 Å². The molecule has 1 amide bonds. The van der Waals surface area contributed by atoms with Crippen molar-refractivity contribution in [2.75, 3.05) is 11.9 Å². The second-order valence-electron chi connectivity index (χ2n) is 8.06. The monoisotopic (exact) mass is 438 g/mol. The molecule has 2 aromatic carbocycles. The van der Waals surface area contributed by atoms with E-state index in [4.69, 9.17) is 11.6 Å². The molecule has 3 rings (SSSR count). The Morgan fingerprint density at radius 2 is 1.73 bits per heavy atom. The molecule has 7 heteroatoms. The summed E-state index contributed by atoms with van der Waals surface area (Å²) >= 11 is 5.97. The minimum absolute atomic E-state index is 0.0202. The van der Waals surface area contributed by atoms with Crippen LogP contribution < -0.4 is 10.6 Å². The molecule has 0 unspecified atom stereocenters. The fourth-order valence-electron chi connectivity index (χ4n) is 3.76. The van der Waals surface area contributed by atoms with Crippen LogP contribution in [0.25, 0.3) is 0 Å². The summed E-state index contributed by atoms with van der Waals surface area (Å²) in [5, 5.41) is 6.35. The van der Waals surface area contributed by atoms with Crippen molar-refractivity contribution in [3.63, 3.8) is 0 Å². The van der Waals surface area contributed by atoms with E-state index in [1.807, 2.05) is 0 Å². The van der Waals surface area contributed by atoms with Crippen LogP contribution in [0.3, 0.4) is 0 Å². The van der Waals surface area contributed by atoms with E-state index >= 15 is 0 Å². The molecule has 2 aromatic rings. The molecule has 0 bridgehead atoms. The van der Waals surface area contributed by atoms with Crippen LogP contribution in [0, 0.1) is 19.8 Å². The highest BCUT2D eigenvalue weighted by atomic mass is 35.5. The minimum Gasteiger partial charge on any atom is -0.385 e. The van der Waals surface area contributed by atoms with Gasteiger partial charge in [0.1, 0.15) is 0 Å². The van der Waals surface area contributed by atoms with E-state index in [0.29, 0.717) is 5.92 Å². The van der Waals surface area contributed by atoms with Crippen LogP contribution >= 0.6 is 11.6 Å². The lowest BCUT2D eigenvalue weighted by Gasteiger charge is -2.29. The summed E-state index contributed by atoms with van der Waals surface area (Å²) in [6.45, 7) is 5.04. The number of benzene rings is 2. The first kappa shape index (κ1) is 22.5. The molecule has 0 aromatic heterocycles. The van der Waals surface area contributed by atoms with Gasteiger partial charge < -0.3 is 10.6 Å². The van der Waals surface area contributed by atoms with Crippen molar-refractivity contribution in [1.82, 2.24) is 5.32 Å². The van der Waals surface area contributed by atoms with Gasteiger partial charge in [0, 0.05) is 18.3 Å². The van der Waals surface area contributed by atoms with Gasteiger partial charge in [0.05, 0.1) is 16.1 Å². The van der Waals surface area contributed by atoms with E-state index < -0.39 is 17.6 Å². The first-order chi connectivity index (χ1) is 14.1. The zero-order valence-electron chi connectivity index (χ0n) is 17.1. The average Bonchev–Trinajstić information content (AvgIpc) is 2.69. The third kappa shape index (κ3) is 5.69. The predicted octanol–water partition coefficient (Wildman–Crippen LogP) is 6.38. The Hall–Kier alpha value is -2.21. The van der Waals surface area contributed by atoms with Crippen molar-refractivity contribution in [2.45, 2.75) is 51.7 Å². The van der Waals surface area contributed by atoms with E-state index in [1.54, 1.807) is 0 Å². The molecular formula is C23H26ClF3N2O. The molecule has 162 valence electrons. The summed E-state index contributed by atoms with van der Waals surface area (Å²) in [5.74, 6) is -0.0558. The summed E-state index contributed by atoms with van der Waals surface area (Å²) in [6, 6.07) is 9.08. The van der Waals surface area contributed by atoms with Gasteiger partial charge in [-0.15, -0.1) is 0 Å². The number of hydrogen-bond acceptors (Lipinski definition) is 2. The number of rotatable bonds is 5. The lowest BCUT2D eigenvalue weighted by atomic mass is 9.85. The molecule has 1 saturated carbocycles. The standard InChI is InChI=1S/C23H26ClF3N2O/c1-14-3-7-19(11-15(14)2)28-13-16-4-8-18(9-5-16)29-22(30)20-12-17(23(25,26)27)6-10-21(20)24/h3,6-7,10-12,16,18,28H,4-5,8-9,13H2,1-2H3,(H,29,30)/t16-,18-. The van der Waals surface area contributed by atoms with E-state index in [1.165, 1.54) is 11.1 Å². The molecule has 0 saturated heterocycles. The zero-order valence-corrected chi connectivity index (χ0v) is 17.8. The molecule has 3 nitrogen and oxygen atoms in total. The number of hydrogen-bond donors (Lipinski definition) is 2. The van der Waals surface area contributed by atoms with Crippen LogP contribution in [0.5, 0.6) is 0 Å². The highest BCUT2D eigenvalue weighted by Gasteiger charge is 2.32. The number of carbonyl (C=O) groups excluding carboxylic acids is 1. The van der Waals surface area contributed by atoms with Crippen LogP contribution in [-0.4, -0.2) is 18.5 Å². The molecule has 1 fully saturated rings. The molecule has 0 heterocycles. The molecule has 1 aliphatic rings. The summed E-state index contributed by atoms with van der Waals surface area (Å²) in [6.07, 6.45) is -1.04. The first-order valence-electron chi connectivity index (χ1n) is 10.1. The molecule has 0 aliphatic heterocycles. The largest absolute Gasteiger partial charge is 0.416 e. The van der Waals surface area contributed by atoms with Crippen LogP contribution in [-0.2, 0) is 6.18 Å². The lowest BCUT2D eigenvalue weighted by Crippen LogP contribution is -2.38. The van der Waals surface area contributed by atoms with Gasteiger partial charge in [0.15, 0.2) is 0 Å². The number of halogens is 4. The number of anilines is 1. The van der Waals surface area contributed by atoms with Crippen LogP contribution in [0.1, 0.15) is 52.7 Å². The van der Waals surface area contributed by atoms with Crippen molar-refractivity contribution in [1.29, 1.82) is 0 Å². The van der Waals surface area contributed by atoms with Gasteiger partial charge in [0.25, 0.3) is 5.91 Å². The van der Waals surface area contributed by atoms with Crippen molar-refractivity contribution in [2.24, 2.45) is 5.92 Å². The molecule has 0 atom stereocenters. The normalized spacial score (nSPS) is 19.4. The van der Waals surface area contributed by atoms with Gasteiger partial charge in [-0.1, -0.05) is 17.7 Å². The van der Waals surface area contributed by atoms with E-state index in [9.17, 15) is 18.0 Å². The molecule has 1 aliphatic carbocycles. The highest BCUT2D eigenvalue weighted by molar-refractivity contribution is 6.33. The number of aryl methyl sites for hydroxylation is 2. The SMILES string of the molecule is Cc1ccc(NC[C@H]2CC[C@H](NC(=O)c3cc(C(F)(F)F)ccc3Cl)CC2)cc1C. The third-order valence-electron chi connectivity index (χ3n) is 5.82. The minimum atomic E-state index is -4.51. The van der Waals surface area contributed by atoms with Crippen LogP contribution in [0.2, 0.25) is 5.02 Å². The Morgan fingerprint density at radius 3 is 2.37 bits per heavy atom. The lowest BCUT2D eigenvalue weighted by molar-refractivity contribution is -0.137. The number of alkyl halides is 3. The third-order valence-corrected chi connectivity index (χ3v) is 6.15. The fourth-order valence-corrected chi connectivity index (χ4v) is 3.97. The van der Waals surface area contributed by atoms with Crippen molar-refractivity contribution >= 4 is 23.2 Å². The number of amides is 1. The Morgan fingerprint density at radius 1 is 1.03 bits per heavy atom. The van der Waals surface area contributed by atoms with Gasteiger partial charge in [-0.2, -0.15) is 13.2 Å². The summed E-state index contributed by atoms with van der Waals surface area (Å²) in [7, 11) is 0. The Bertz CT molecular complexity index is 906. The fraction of sp³-hybridized carbons (Fsp3) is 0.435. The number of nitrogens with one attached hydrogen (secondary N) is 2. The zero-order chi connectivity index (χ0) is 21.9. The van der Waals surface area contributed by atoms with E-state index in [0.717, 1.165) is 56.1 Å². The highest BCUT2D eigenvalue weighted by Crippen LogP contribution is 2.32. The van der Waals surface area contributed by atoms with Crippen LogP contribution in [0.4, 0.5) is 18.9 Å². The predicted molar refractivity (Wildman–Crippen MR) is 114 cm³/mol. The van der Waals surface area contributed by atoms with Crippen LogP contribution in [0.15, 0.2) is 36.4 Å². The van der Waals surface area contributed by atoms with Gasteiger partial charge in [-0.05, 0) is 86.9 Å². The molecule has 2 N–H and O–H groups in total. The van der Waals surface area contributed by atoms with Crippen molar-refractivity contribution < 1.29 is 18.0 Å². The molecular weight excluding hydrogens is 413 g/mol. The quantitative estimate of drug-likeness (QED) is 0.569. The summed E-state index contributed by atoms with van der Waals surface area (Å²) in [4.78, 5) is 12.5. The molecule has 0 spiro atoms. The summed E-state index contributed by atoms with van der Waals surface area (Å²) < 4.78 is 38.8. The van der Waals surface area contributed by atoms with E-state index in [2.05, 4.69) is 42.7 Å². The van der Waals surface area contributed by atoms with E-state index in [-0.39, 0.29) is 16.6 Å². The Balaban J connectivity index is 1.51. The maximum absolute atomic E-state index is 12.9. The smallest absolute Gasteiger partial charge is 0.385 e. The average molecular weight is 439 g/mol. The maximum atomic E-state index is 12.9. The van der Waals surface area contributed by atoms with Crippen molar-refractivity contribution in [3.8, 4) is 0 Å². The van der Waals surface area contributed by atoms with Crippen molar-refractivity contribution in [3.05, 3.63) is 63.7 Å². The summed E-state index contributed by atoms with van der Waals surface area (Å²) in [5.41, 5.74) is 2.60. The van der Waals surface area contributed by atoms with Gasteiger partial charge in [-0.3, -0.25) is 4.79 Å². The Kier molecular flexibility index (Phi) is 6.96. The second-order valence-corrected chi connectivity index (χ2v) is 8.47. The molecule has 0 radical (unpaired) electrons. The first-order valence-corrected chi connectivity index (χ1v) is 10.5.